The third-order valence-electron chi connectivity index (χ3n) is 4.90. The Balaban J connectivity index is 1.56. The molecule has 2 aromatic carbocycles. The van der Waals surface area contributed by atoms with E-state index in [9.17, 15) is 4.79 Å². The van der Waals surface area contributed by atoms with Gasteiger partial charge in [-0.25, -0.2) is 4.98 Å². The van der Waals surface area contributed by atoms with Crippen LogP contribution in [0.2, 0.25) is 0 Å². The van der Waals surface area contributed by atoms with Crippen LogP contribution in [0.1, 0.15) is 34.2 Å². The van der Waals surface area contributed by atoms with Crippen molar-refractivity contribution >= 4 is 11.6 Å². The maximum absolute atomic E-state index is 13.0. The summed E-state index contributed by atoms with van der Waals surface area (Å²) >= 11 is 0. The quantitative estimate of drug-likeness (QED) is 0.731. The molecule has 1 aromatic heterocycles. The van der Waals surface area contributed by atoms with E-state index in [1.165, 1.54) is 5.56 Å². The minimum atomic E-state index is 0.0720. The molecule has 0 saturated carbocycles. The lowest BCUT2D eigenvalue weighted by atomic mass is 10.1. The predicted molar refractivity (Wildman–Crippen MR) is 98.9 cm³/mol. The molecule has 1 aliphatic heterocycles. The van der Waals surface area contributed by atoms with Gasteiger partial charge < -0.3 is 9.47 Å². The monoisotopic (exact) mass is 331 g/mol. The maximum atomic E-state index is 13.0. The van der Waals surface area contributed by atoms with Gasteiger partial charge in [-0.2, -0.15) is 0 Å². The molecule has 0 radical (unpaired) electrons. The molecule has 2 heterocycles. The van der Waals surface area contributed by atoms with Gasteiger partial charge in [-0.15, -0.1) is 0 Å². The Morgan fingerprint density at radius 1 is 1.16 bits per heavy atom. The Morgan fingerprint density at radius 3 is 2.64 bits per heavy atom. The number of rotatable bonds is 3. The van der Waals surface area contributed by atoms with Crippen LogP contribution in [0.5, 0.6) is 0 Å². The molecule has 0 N–H and O–H groups in total. The zero-order valence-electron chi connectivity index (χ0n) is 14.5. The molecule has 0 bridgehead atoms. The first-order valence-electron chi connectivity index (χ1n) is 8.61. The molecular weight excluding hydrogens is 310 g/mol. The summed E-state index contributed by atoms with van der Waals surface area (Å²) in [6, 6.07) is 16.3. The van der Waals surface area contributed by atoms with Crippen molar-refractivity contribution in [2.24, 2.45) is 0 Å². The number of benzene rings is 2. The van der Waals surface area contributed by atoms with Crippen molar-refractivity contribution in [3.05, 3.63) is 83.4 Å². The number of hydrogen-bond donors (Lipinski definition) is 0. The van der Waals surface area contributed by atoms with Crippen LogP contribution in [0.4, 0.5) is 5.69 Å². The van der Waals surface area contributed by atoms with Gasteiger partial charge >= 0.3 is 0 Å². The van der Waals surface area contributed by atoms with Crippen LogP contribution in [0.15, 0.2) is 60.9 Å². The number of aryl methyl sites for hydroxylation is 1. The van der Waals surface area contributed by atoms with Crippen LogP contribution in [-0.4, -0.2) is 21.5 Å². The first-order chi connectivity index (χ1) is 12.1. The average Bonchev–Trinajstić information content (AvgIpc) is 3.17. The number of hydrogen-bond acceptors (Lipinski definition) is 2. The van der Waals surface area contributed by atoms with Gasteiger partial charge in [0.2, 0.25) is 0 Å². The first-order valence-corrected chi connectivity index (χ1v) is 8.61. The molecule has 0 aliphatic carbocycles. The van der Waals surface area contributed by atoms with Crippen LogP contribution in [0.25, 0.3) is 0 Å². The van der Waals surface area contributed by atoms with Crippen LogP contribution in [0, 0.1) is 6.92 Å². The topological polar surface area (TPSA) is 38.1 Å². The first kappa shape index (κ1) is 15.6. The Morgan fingerprint density at radius 2 is 1.92 bits per heavy atom. The predicted octanol–water partition coefficient (Wildman–Crippen LogP) is 3.83. The molecule has 1 aliphatic rings. The largest absolute Gasteiger partial charge is 0.331 e. The van der Waals surface area contributed by atoms with E-state index in [0.717, 1.165) is 35.6 Å². The number of anilines is 1. The molecule has 4 rings (SSSR count). The number of amides is 1. The van der Waals surface area contributed by atoms with Crippen LogP contribution >= 0.6 is 0 Å². The molecule has 0 unspecified atom stereocenters. The average molecular weight is 331 g/mol. The van der Waals surface area contributed by atoms with Crippen molar-refractivity contribution in [3.8, 4) is 0 Å². The molecule has 3 aromatic rings. The van der Waals surface area contributed by atoms with E-state index in [-0.39, 0.29) is 11.9 Å². The van der Waals surface area contributed by atoms with E-state index in [0.29, 0.717) is 0 Å². The summed E-state index contributed by atoms with van der Waals surface area (Å²) in [6.07, 6.45) is 4.69. The van der Waals surface area contributed by atoms with Gasteiger partial charge in [-0.1, -0.05) is 30.3 Å². The molecule has 0 saturated heterocycles. The third-order valence-corrected chi connectivity index (χ3v) is 4.90. The van der Waals surface area contributed by atoms with E-state index >= 15 is 0 Å². The van der Waals surface area contributed by atoms with Gasteiger partial charge in [-0.05, 0) is 49.6 Å². The molecule has 126 valence electrons. The lowest BCUT2D eigenvalue weighted by Gasteiger charge is -2.23. The molecule has 0 spiro atoms. The summed E-state index contributed by atoms with van der Waals surface area (Å²) in [5.74, 6) is 1.06. The zero-order valence-corrected chi connectivity index (χ0v) is 14.5. The Kier molecular flexibility index (Phi) is 3.88. The van der Waals surface area contributed by atoms with Gasteiger partial charge in [0.05, 0.1) is 0 Å². The fraction of sp³-hybridized carbons (Fsp3) is 0.238. The van der Waals surface area contributed by atoms with E-state index in [2.05, 4.69) is 22.5 Å². The highest BCUT2D eigenvalue weighted by atomic mass is 16.2. The lowest BCUT2D eigenvalue weighted by Crippen LogP contribution is -2.35. The van der Waals surface area contributed by atoms with Crippen molar-refractivity contribution in [1.29, 1.82) is 0 Å². The number of para-hydroxylation sites is 1. The second-order valence-electron chi connectivity index (χ2n) is 6.66. The van der Waals surface area contributed by atoms with Crippen molar-refractivity contribution in [2.75, 3.05) is 4.90 Å². The van der Waals surface area contributed by atoms with Crippen molar-refractivity contribution < 1.29 is 4.79 Å². The number of nitrogens with zero attached hydrogens (tertiary/aromatic N) is 3. The summed E-state index contributed by atoms with van der Waals surface area (Å²) in [5.41, 5.74) is 4.18. The fourth-order valence-corrected chi connectivity index (χ4v) is 3.53. The smallest absolute Gasteiger partial charge is 0.258 e. The van der Waals surface area contributed by atoms with Crippen LogP contribution in [0.3, 0.4) is 0 Å². The van der Waals surface area contributed by atoms with E-state index in [1.807, 2.05) is 60.5 Å². The standard InChI is InChI=1S/C21H21N3O/c1-15-13-19-5-3-4-6-20(19)24(15)21(25)18-9-7-17(8-10-18)14-23-12-11-22-16(23)2/h3-12,15H,13-14H2,1-2H3/t15-/m0/s1. The molecule has 1 amide bonds. The van der Waals surface area contributed by atoms with Crippen molar-refractivity contribution in [1.82, 2.24) is 9.55 Å². The third kappa shape index (κ3) is 2.84. The molecule has 4 nitrogen and oxygen atoms in total. The van der Waals surface area contributed by atoms with Crippen molar-refractivity contribution in [3.63, 3.8) is 0 Å². The lowest BCUT2D eigenvalue weighted by molar-refractivity contribution is 0.0981. The van der Waals surface area contributed by atoms with E-state index in [1.54, 1.807) is 6.20 Å². The second kappa shape index (κ2) is 6.20. The van der Waals surface area contributed by atoms with Gasteiger partial charge in [0.15, 0.2) is 0 Å². The van der Waals surface area contributed by atoms with Gasteiger partial charge in [0.1, 0.15) is 5.82 Å². The summed E-state index contributed by atoms with van der Waals surface area (Å²) < 4.78 is 2.09. The van der Waals surface area contributed by atoms with Crippen molar-refractivity contribution in [2.45, 2.75) is 32.9 Å². The second-order valence-corrected chi connectivity index (χ2v) is 6.66. The molecular formula is C21H21N3O. The molecule has 1 atom stereocenters. The van der Waals surface area contributed by atoms with Crippen LogP contribution < -0.4 is 4.90 Å². The molecule has 25 heavy (non-hydrogen) atoms. The summed E-state index contributed by atoms with van der Waals surface area (Å²) in [4.78, 5) is 19.2. The summed E-state index contributed by atoms with van der Waals surface area (Å²) in [6.45, 7) is 4.86. The van der Waals surface area contributed by atoms with Gasteiger partial charge in [0, 0.05) is 36.2 Å². The fourth-order valence-electron chi connectivity index (χ4n) is 3.53. The maximum Gasteiger partial charge on any atom is 0.258 e. The van der Waals surface area contributed by atoms with E-state index in [4.69, 9.17) is 0 Å². The minimum absolute atomic E-state index is 0.0720. The zero-order chi connectivity index (χ0) is 17.4. The number of carbonyl (C=O) groups is 1. The van der Waals surface area contributed by atoms with E-state index < -0.39 is 0 Å². The van der Waals surface area contributed by atoms with Gasteiger partial charge in [0.25, 0.3) is 5.91 Å². The summed E-state index contributed by atoms with van der Waals surface area (Å²) in [5, 5.41) is 0. The number of fused-ring (bicyclic) bond motifs is 1. The van der Waals surface area contributed by atoms with Gasteiger partial charge in [-0.3, -0.25) is 4.79 Å². The van der Waals surface area contributed by atoms with Crippen LogP contribution in [-0.2, 0) is 13.0 Å². The molecule has 0 fully saturated rings. The SMILES string of the molecule is Cc1nccn1Cc1ccc(C(=O)N2c3ccccc3C[C@@H]2C)cc1. The highest BCUT2D eigenvalue weighted by molar-refractivity contribution is 6.07. The number of carbonyl (C=O) groups excluding carboxylic acids is 1. The summed E-state index contributed by atoms with van der Waals surface area (Å²) in [7, 11) is 0. The highest BCUT2D eigenvalue weighted by Crippen LogP contribution is 2.33. The Bertz CT molecular complexity index is 911. The Hall–Kier alpha value is -2.88. The normalized spacial score (nSPS) is 16.1. The number of imidazole rings is 1. The molecule has 4 heteroatoms. The highest BCUT2D eigenvalue weighted by Gasteiger charge is 2.31. The number of aromatic nitrogens is 2. The minimum Gasteiger partial charge on any atom is -0.331 e. The Labute approximate surface area is 147 Å².